The standard InChI is InChI=1S/C16H24ClFN2/c1-4-5-14-9-19-16(2,3)11-20(14)10-12-8-13(18)6-7-15(12)17/h6-8,14,19H,4-5,9-11H2,1-3H3. The van der Waals surface area contributed by atoms with E-state index < -0.39 is 0 Å². The number of hydrogen-bond donors (Lipinski definition) is 1. The zero-order valence-corrected chi connectivity index (χ0v) is 13.3. The maximum Gasteiger partial charge on any atom is 0.123 e. The van der Waals surface area contributed by atoms with Gasteiger partial charge in [0, 0.05) is 36.2 Å². The van der Waals surface area contributed by atoms with Crippen LogP contribution in [0.25, 0.3) is 0 Å². The van der Waals surface area contributed by atoms with Crippen molar-refractivity contribution in [2.75, 3.05) is 13.1 Å². The van der Waals surface area contributed by atoms with Crippen molar-refractivity contribution in [3.63, 3.8) is 0 Å². The van der Waals surface area contributed by atoms with Crippen molar-refractivity contribution in [3.8, 4) is 0 Å². The van der Waals surface area contributed by atoms with Crippen LogP contribution in [0.5, 0.6) is 0 Å². The van der Waals surface area contributed by atoms with Gasteiger partial charge in [0.15, 0.2) is 0 Å². The van der Waals surface area contributed by atoms with E-state index in [2.05, 4.69) is 31.0 Å². The van der Waals surface area contributed by atoms with E-state index in [1.165, 1.54) is 6.07 Å². The van der Waals surface area contributed by atoms with Gasteiger partial charge in [-0.1, -0.05) is 24.9 Å². The van der Waals surface area contributed by atoms with Crippen LogP contribution >= 0.6 is 11.6 Å². The smallest absolute Gasteiger partial charge is 0.123 e. The zero-order valence-electron chi connectivity index (χ0n) is 12.5. The maximum absolute atomic E-state index is 13.4. The molecule has 0 aromatic heterocycles. The number of hydrogen-bond acceptors (Lipinski definition) is 2. The van der Waals surface area contributed by atoms with Gasteiger partial charge in [0.25, 0.3) is 0 Å². The molecule has 2 rings (SSSR count). The molecule has 1 heterocycles. The summed E-state index contributed by atoms with van der Waals surface area (Å²) in [5, 5.41) is 4.24. The van der Waals surface area contributed by atoms with Crippen molar-refractivity contribution in [2.24, 2.45) is 0 Å². The lowest BCUT2D eigenvalue weighted by atomic mass is 9.96. The topological polar surface area (TPSA) is 15.3 Å². The molecule has 1 aliphatic heterocycles. The summed E-state index contributed by atoms with van der Waals surface area (Å²) in [6.07, 6.45) is 2.30. The first kappa shape index (κ1) is 15.7. The molecule has 112 valence electrons. The van der Waals surface area contributed by atoms with E-state index in [1.807, 2.05) is 0 Å². The second-order valence-electron chi connectivity index (χ2n) is 6.35. The summed E-state index contributed by atoms with van der Waals surface area (Å²) >= 11 is 6.20. The summed E-state index contributed by atoms with van der Waals surface area (Å²) in [4.78, 5) is 2.43. The molecular formula is C16H24ClFN2. The van der Waals surface area contributed by atoms with Crippen molar-refractivity contribution in [1.29, 1.82) is 0 Å². The lowest BCUT2D eigenvalue weighted by Crippen LogP contribution is -2.61. The van der Waals surface area contributed by atoms with Crippen LogP contribution in [0.15, 0.2) is 18.2 Å². The molecule has 0 radical (unpaired) electrons. The third-order valence-electron chi connectivity index (χ3n) is 3.93. The van der Waals surface area contributed by atoms with Gasteiger partial charge in [0.2, 0.25) is 0 Å². The molecule has 2 nitrogen and oxygen atoms in total. The lowest BCUT2D eigenvalue weighted by Gasteiger charge is -2.45. The molecule has 4 heteroatoms. The number of benzene rings is 1. The average Bonchev–Trinajstić information content (AvgIpc) is 2.37. The normalized spacial score (nSPS) is 22.9. The van der Waals surface area contributed by atoms with Crippen LogP contribution in [0.2, 0.25) is 5.02 Å². The van der Waals surface area contributed by atoms with Gasteiger partial charge < -0.3 is 5.32 Å². The highest BCUT2D eigenvalue weighted by Gasteiger charge is 2.32. The Bertz CT molecular complexity index is 462. The molecule has 1 unspecified atom stereocenters. The molecule has 1 N–H and O–H groups in total. The Balaban J connectivity index is 2.16. The van der Waals surface area contributed by atoms with Crippen molar-refractivity contribution in [2.45, 2.75) is 51.7 Å². The van der Waals surface area contributed by atoms with Gasteiger partial charge in [-0.2, -0.15) is 0 Å². The summed E-state index contributed by atoms with van der Waals surface area (Å²) in [5.41, 5.74) is 0.967. The lowest BCUT2D eigenvalue weighted by molar-refractivity contribution is 0.0826. The Morgan fingerprint density at radius 1 is 1.45 bits per heavy atom. The zero-order chi connectivity index (χ0) is 14.8. The average molecular weight is 299 g/mol. The third-order valence-corrected chi connectivity index (χ3v) is 4.30. The van der Waals surface area contributed by atoms with E-state index in [1.54, 1.807) is 12.1 Å². The molecule has 1 fully saturated rings. The van der Waals surface area contributed by atoms with E-state index in [-0.39, 0.29) is 11.4 Å². The highest BCUT2D eigenvalue weighted by molar-refractivity contribution is 6.31. The number of nitrogens with zero attached hydrogens (tertiary/aromatic N) is 1. The predicted octanol–water partition coefficient (Wildman–Crippen LogP) is 3.83. The van der Waals surface area contributed by atoms with E-state index in [9.17, 15) is 4.39 Å². The predicted molar refractivity (Wildman–Crippen MR) is 82.6 cm³/mol. The summed E-state index contributed by atoms with van der Waals surface area (Å²) < 4.78 is 13.4. The van der Waals surface area contributed by atoms with E-state index in [0.29, 0.717) is 17.6 Å². The van der Waals surface area contributed by atoms with Gasteiger partial charge in [-0.3, -0.25) is 4.90 Å². The van der Waals surface area contributed by atoms with Crippen molar-refractivity contribution in [3.05, 3.63) is 34.6 Å². The molecule has 1 saturated heterocycles. The van der Waals surface area contributed by atoms with Gasteiger partial charge in [0.05, 0.1) is 0 Å². The highest BCUT2D eigenvalue weighted by atomic mass is 35.5. The quantitative estimate of drug-likeness (QED) is 0.909. The Labute approximate surface area is 126 Å². The minimum Gasteiger partial charge on any atom is -0.309 e. The van der Waals surface area contributed by atoms with Crippen molar-refractivity contribution < 1.29 is 4.39 Å². The first-order valence-electron chi connectivity index (χ1n) is 7.34. The van der Waals surface area contributed by atoms with Crippen LogP contribution in [0.3, 0.4) is 0 Å². The fourth-order valence-electron chi connectivity index (χ4n) is 2.90. The first-order chi connectivity index (χ1) is 9.41. The highest BCUT2D eigenvalue weighted by Crippen LogP contribution is 2.24. The van der Waals surface area contributed by atoms with E-state index in [4.69, 9.17) is 11.6 Å². The minimum absolute atomic E-state index is 0.0873. The SMILES string of the molecule is CCCC1CNC(C)(C)CN1Cc1cc(F)ccc1Cl. The van der Waals surface area contributed by atoms with Gasteiger partial charge >= 0.3 is 0 Å². The Hall–Kier alpha value is -0.640. The summed E-state index contributed by atoms with van der Waals surface area (Å²) in [6, 6.07) is 5.11. The third kappa shape index (κ3) is 3.94. The summed E-state index contributed by atoms with van der Waals surface area (Å²) in [7, 11) is 0. The Morgan fingerprint density at radius 2 is 2.20 bits per heavy atom. The fourth-order valence-corrected chi connectivity index (χ4v) is 3.08. The molecule has 0 amide bonds. The molecule has 0 aliphatic carbocycles. The van der Waals surface area contributed by atoms with Gasteiger partial charge in [-0.25, -0.2) is 4.39 Å². The van der Waals surface area contributed by atoms with Crippen LogP contribution in [-0.4, -0.2) is 29.6 Å². The van der Waals surface area contributed by atoms with Crippen molar-refractivity contribution >= 4 is 11.6 Å². The number of piperazine rings is 1. The van der Waals surface area contributed by atoms with E-state index >= 15 is 0 Å². The van der Waals surface area contributed by atoms with Crippen LogP contribution in [-0.2, 0) is 6.54 Å². The number of rotatable bonds is 4. The summed E-state index contributed by atoms with van der Waals surface area (Å²) in [6.45, 7) is 9.25. The monoisotopic (exact) mass is 298 g/mol. The van der Waals surface area contributed by atoms with Crippen LogP contribution < -0.4 is 5.32 Å². The molecule has 0 bridgehead atoms. The molecule has 20 heavy (non-hydrogen) atoms. The van der Waals surface area contributed by atoms with Crippen molar-refractivity contribution in [1.82, 2.24) is 10.2 Å². The Kier molecular flexibility index (Phi) is 5.05. The Morgan fingerprint density at radius 3 is 2.90 bits per heavy atom. The van der Waals surface area contributed by atoms with E-state index in [0.717, 1.165) is 31.5 Å². The van der Waals surface area contributed by atoms with Gasteiger partial charge in [-0.15, -0.1) is 0 Å². The molecule has 1 aromatic carbocycles. The van der Waals surface area contributed by atoms with Crippen LogP contribution in [0.4, 0.5) is 4.39 Å². The molecule has 1 aromatic rings. The molecule has 0 spiro atoms. The van der Waals surface area contributed by atoms with Gasteiger partial charge in [-0.05, 0) is 44.0 Å². The molecule has 1 aliphatic rings. The fraction of sp³-hybridized carbons (Fsp3) is 0.625. The number of halogens is 2. The largest absolute Gasteiger partial charge is 0.309 e. The minimum atomic E-state index is -0.217. The molecule has 0 saturated carbocycles. The maximum atomic E-state index is 13.4. The second-order valence-corrected chi connectivity index (χ2v) is 6.76. The molecule has 1 atom stereocenters. The summed E-state index contributed by atoms with van der Waals surface area (Å²) in [5.74, 6) is -0.217. The number of nitrogens with one attached hydrogen (secondary N) is 1. The van der Waals surface area contributed by atoms with Gasteiger partial charge in [0.1, 0.15) is 5.82 Å². The second kappa shape index (κ2) is 6.42. The van der Waals surface area contributed by atoms with Crippen LogP contribution in [0, 0.1) is 5.82 Å². The van der Waals surface area contributed by atoms with Crippen LogP contribution in [0.1, 0.15) is 39.2 Å². The first-order valence-corrected chi connectivity index (χ1v) is 7.72. The molecular weight excluding hydrogens is 275 g/mol.